The highest BCUT2D eigenvalue weighted by Crippen LogP contribution is 2.63. The molecule has 0 radical (unpaired) electrons. The molecule has 0 N–H and O–H groups in total. The Balaban J connectivity index is 2.08. The second-order valence-electron chi connectivity index (χ2n) is 10.7. The first-order valence-electron chi connectivity index (χ1n) is 11.9. The summed E-state index contributed by atoms with van der Waals surface area (Å²) >= 11 is 0. The molecule has 2 heteroatoms. The summed E-state index contributed by atoms with van der Waals surface area (Å²) in [5, 5.41) is 3.66. The first-order valence-corrected chi connectivity index (χ1v) is 14.9. The van der Waals surface area contributed by atoms with Gasteiger partial charge in [0, 0.05) is 0 Å². The fourth-order valence-corrected chi connectivity index (χ4v) is 14.5. The van der Waals surface area contributed by atoms with E-state index >= 15 is 0 Å². The number of benzene rings is 1. The van der Waals surface area contributed by atoms with Crippen molar-refractivity contribution < 1.29 is 0 Å². The number of hydrogen-bond acceptors (Lipinski definition) is 0. The lowest BCUT2D eigenvalue weighted by molar-refractivity contribution is 0.543. The molecule has 1 aromatic rings. The van der Waals surface area contributed by atoms with Gasteiger partial charge in [-0.05, 0) is 82.6 Å². The summed E-state index contributed by atoms with van der Waals surface area (Å²) < 4.78 is 0. The predicted octanol–water partition coefficient (Wildman–Crippen LogP) is 7.59. The summed E-state index contributed by atoms with van der Waals surface area (Å²) in [6, 6.07) is 9.86. The van der Waals surface area contributed by atoms with Gasteiger partial charge in [0.05, 0.1) is 0 Å². The van der Waals surface area contributed by atoms with Gasteiger partial charge in [-0.2, -0.15) is 0 Å². The molecule has 1 aromatic carbocycles. The van der Waals surface area contributed by atoms with Crippen LogP contribution in [0.5, 0.6) is 0 Å². The minimum absolute atomic E-state index is 0.0433. The smallest absolute Gasteiger partial charge is 0.0143 e. The van der Waals surface area contributed by atoms with Gasteiger partial charge in [-0.25, -0.2) is 0 Å². The zero-order valence-corrected chi connectivity index (χ0v) is 21.4. The van der Waals surface area contributed by atoms with Gasteiger partial charge >= 0.3 is 0 Å². The molecule has 2 aliphatic rings. The molecule has 3 rings (SSSR count). The highest BCUT2D eigenvalue weighted by molar-refractivity contribution is 7.73. The zero-order valence-electron chi connectivity index (χ0n) is 19.7. The Morgan fingerprint density at radius 2 is 0.786 bits per heavy atom. The third kappa shape index (κ3) is 4.40. The minimum atomic E-state index is -0.0433. The fraction of sp³-hybridized carbons (Fsp3) is 0.769. The molecule has 2 fully saturated rings. The maximum atomic E-state index is 2.58. The van der Waals surface area contributed by atoms with Gasteiger partial charge in [-0.1, -0.05) is 95.5 Å². The lowest BCUT2D eigenvalue weighted by atomic mass is 10.0. The molecule has 2 saturated heterocycles. The van der Waals surface area contributed by atoms with Crippen molar-refractivity contribution in [3.63, 3.8) is 0 Å². The van der Waals surface area contributed by atoms with Crippen molar-refractivity contribution in [3.05, 3.63) is 24.3 Å². The molecule has 0 bridgehead atoms. The maximum Gasteiger partial charge on any atom is -0.0143 e. The molecule has 158 valence electrons. The second-order valence-corrected chi connectivity index (χ2v) is 15.9. The van der Waals surface area contributed by atoms with E-state index in [-0.39, 0.29) is 15.8 Å². The Hall–Kier alpha value is 0.0800. The molecule has 28 heavy (non-hydrogen) atoms. The van der Waals surface area contributed by atoms with Crippen molar-refractivity contribution in [1.29, 1.82) is 0 Å². The van der Waals surface area contributed by atoms with Gasteiger partial charge in [0.2, 0.25) is 0 Å². The molecule has 0 aliphatic carbocycles. The molecular formula is C26H44P2. The van der Waals surface area contributed by atoms with Crippen LogP contribution in [0.2, 0.25) is 0 Å². The SMILES string of the molecule is CC(C)C1CC[C@H](C(C)C)P1c1ccccc1P1C(C(C)C)CC[C@@H]1C(C)C. The molecule has 4 unspecified atom stereocenters. The fourth-order valence-electron chi connectivity index (χ4n) is 5.96. The van der Waals surface area contributed by atoms with Crippen molar-refractivity contribution in [2.45, 2.75) is 104 Å². The lowest BCUT2D eigenvalue weighted by Crippen LogP contribution is -2.34. The van der Waals surface area contributed by atoms with Crippen LogP contribution in [0.25, 0.3) is 0 Å². The Morgan fingerprint density at radius 3 is 1.00 bits per heavy atom. The van der Waals surface area contributed by atoms with E-state index in [0.29, 0.717) is 0 Å². The Morgan fingerprint density at radius 1 is 0.536 bits per heavy atom. The molecule has 0 saturated carbocycles. The minimum Gasteiger partial charge on any atom is -0.0677 e. The van der Waals surface area contributed by atoms with Crippen LogP contribution in [0.3, 0.4) is 0 Å². The first kappa shape index (κ1) is 22.8. The largest absolute Gasteiger partial charge is 0.0677 e. The number of rotatable bonds is 6. The van der Waals surface area contributed by atoms with Crippen LogP contribution in [-0.2, 0) is 0 Å². The van der Waals surface area contributed by atoms with Crippen molar-refractivity contribution in [1.82, 2.24) is 0 Å². The number of hydrogen-bond donors (Lipinski definition) is 0. The van der Waals surface area contributed by atoms with Gasteiger partial charge in [0.15, 0.2) is 0 Å². The normalized spacial score (nSPS) is 33.7. The van der Waals surface area contributed by atoms with Crippen LogP contribution >= 0.6 is 15.8 Å². The van der Waals surface area contributed by atoms with E-state index in [9.17, 15) is 0 Å². The van der Waals surface area contributed by atoms with Gasteiger partial charge in [-0.15, -0.1) is 0 Å². The molecule has 0 nitrogen and oxygen atoms in total. The molecule has 0 amide bonds. The monoisotopic (exact) mass is 418 g/mol. The summed E-state index contributed by atoms with van der Waals surface area (Å²) in [5.74, 6) is 3.28. The summed E-state index contributed by atoms with van der Waals surface area (Å²) in [6.07, 6.45) is 5.83. The maximum absolute atomic E-state index is 2.58. The Kier molecular flexibility index (Phi) is 7.70. The summed E-state index contributed by atoms with van der Waals surface area (Å²) in [7, 11) is -0.0867. The molecule has 2 heterocycles. The van der Waals surface area contributed by atoms with Crippen molar-refractivity contribution in [2.75, 3.05) is 0 Å². The van der Waals surface area contributed by atoms with Crippen LogP contribution < -0.4 is 10.6 Å². The van der Waals surface area contributed by atoms with E-state index in [1.807, 2.05) is 10.6 Å². The summed E-state index contributed by atoms with van der Waals surface area (Å²) in [5.41, 5.74) is 3.71. The van der Waals surface area contributed by atoms with Gasteiger partial charge in [0.25, 0.3) is 0 Å². The van der Waals surface area contributed by atoms with E-state index in [1.54, 1.807) is 0 Å². The molecular weight excluding hydrogens is 374 g/mol. The average Bonchev–Trinajstić information content (AvgIpc) is 3.26. The highest BCUT2D eigenvalue weighted by Gasteiger charge is 2.44. The zero-order chi connectivity index (χ0) is 20.6. The van der Waals surface area contributed by atoms with Gasteiger partial charge in [0.1, 0.15) is 0 Å². The molecule has 6 atom stereocenters. The van der Waals surface area contributed by atoms with Crippen LogP contribution in [0.1, 0.15) is 81.1 Å². The Bertz CT molecular complexity index is 546. The molecule has 0 aromatic heterocycles. The third-order valence-electron chi connectivity index (χ3n) is 7.46. The van der Waals surface area contributed by atoms with Crippen LogP contribution in [0.4, 0.5) is 0 Å². The predicted molar refractivity (Wildman–Crippen MR) is 133 cm³/mol. The van der Waals surface area contributed by atoms with Gasteiger partial charge in [-0.3, -0.25) is 0 Å². The van der Waals surface area contributed by atoms with Gasteiger partial charge < -0.3 is 0 Å². The van der Waals surface area contributed by atoms with E-state index < -0.39 is 0 Å². The average molecular weight is 419 g/mol. The first-order chi connectivity index (χ1) is 13.2. The van der Waals surface area contributed by atoms with Crippen LogP contribution in [0, 0.1) is 23.7 Å². The van der Waals surface area contributed by atoms with Crippen molar-refractivity contribution >= 4 is 26.5 Å². The topological polar surface area (TPSA) is 0 Å². The Labute approximate surface area is 178 Å². The van der Waals surface area contributed by atoms with Crippen molar-refractivity contribution in [3.8, 4) is 0 Å². The summed E-state index contributed by atoms with van der Waals surface area (Å²) in [6.45, 7) is 19.9. The van der Waals surface area contributed by atoms with Crippen molar-refractivity contribution in [2.24, 2.45) is 23.7 Å². The van der Waals surface area contributed by atoms with E-state index in [4.69, 9.17) is 0 Å². The van der Waals surface area contributed by atoms with Crippen LogP contribution in [0.15, 0.2) is 24.3 Å². The van der Waals surface area contributed by atoms with E-state index in [0.717, 1.165) is 46.3 Å². The van der Waals surface area contributed by atoms with E-state index in [2.05, 4.69) is 79.7 Å². The van der Waals surface area contributed by atoms with Crippen LogP contribution in [-0.4, -0.2) is 22.6 Å². The second kappa shape index (κ2) is 9.48. The third-order valence-corrected chi connectivity index (χ3v) is 15.8. The summed E-state index contributed by atoms with van der Waals surface area (Å²) in [4.78, 5) is 0. The molecule has 0 spiro atoms. The quantitative estimate of drug-likeness (QED) is 0.418. The standard InChI is InChI=1S/C26H44P2/c1-17(2)21-13-14-22(18(3)4)27(21)25-11-9-10-12-26(25)28-23(19(5)6)15-16-24(28)20(7)8/h9-12,17-24H,13-16H2,1-8H3/t21-,22?,23-,24?,27?,28?/m1/s1. The molecule has 2 aliphatic heterocycles. The lowest BCUT2D eigenvalue weighted by Gasteiger charge is -2.37. The highest BCUT2D eigenvalue weighted by atomic mass is 31.1. The van der Waals surface area contributed by atoms with E-state index in [1.165, 1.54) is 25.7 Å².